The van der Waals surface area contributed by atoms with Crippen LogP contribution in [0.25, 0.3) is 0 Å². The molecule has 1 atom stereocenters. The summed E-state index contributed by atoms with van der Waals surface area (Å²) in [5, 5.41) is 0. The van der Waals surface area contributed by atoms with E-state index in [1.165, 1.54) is 10.6 Å². The monoisotopic (exact) mass is 445 g/mol. The summed E-state index contributed by atoms with van der Waals surface area (Å²) in [7, 11) is -3.76. The smallest absolute Gasteiger partial charge is 0.289 e. The second kappa shape index (κ2) is 8.84. The Balaban J connectivity index is 1.45. The lowest BCUT2D eigenvalue weighted by atomic mass is 10.0. The number of carbonyl (C=O) groups excluding carboxylic acids is 2. The third-order valence-corrected chi connectivity index (χ3v) is 7.90. The highest BCUT2D eigenvalue weighted by molar-refractivity contribution is 7.89. The van der Waals surface area contributed by atoms with E-state index in [2.05, 4.69) is 0 Å². The molecule has 4 rings (SSSR count). The number of piperidine rings is 1. The summed E-state index contributed by atoms with van der Waals surface area (Å²) in [5.74, 6) is -0.0961. The number of piperazine rings is 1. The number of rotatable bonds is 4. The van der Waals surface area contributed by atoms with Gasteiger partial charge in [0.2, 0.25) is 15.9 Å². The Morgan fingerprint density at radius 3 is 2.26 bits per heavy atom. The molecule has 2 saturated heterocycles. The zero-order chi connectivity index (χ0) is 22.0. The van der Waals surface area contributed by atoms with Crippen LogP contribution in [0.5, 0.6) is 0 Å². The van der Waals surface area contributed by atoms with Gasteiger partial charge in [0.25, 0.3) is 5.91 Å². The molecular weight excluding hydrogens is 418 g/mol. The molecule has 2 aliphatic heterocycles. The van der Waals surface area contributed by atoms with Gasteiger partial charge in [0.1, 0.15) is 6.04 Å². The number of amides is 2. The van der Waals surface area contributed by atoms with Gasteiger partial charge in [-0.1, -0.05) is 24.1 Å². The molecule has 3 heterocycles. The summed E-state index contributed by atoms with van der Waals surface area (Å²) in [6.07, 6.45) is 3.52. The van der Waals surface area contributed by atoms with Gasteiger partial charge in [0.15, 0.2) is 5.76 Å². The minimum Gasteiger partial charge on any atom is -0.459 e. The molecule has 0 aliphatic carbocycles. The van der Waals surface area contributed by atoms with Crippen molar-refractivity contribution in [1.29, 1.82) is 0 Å². The molecule has 0 N–H and O–H groups in total. The predicted octanol–water partition coefficient (Wildman–Crippen LogP) is 2.12. The zero-order valence-corrected chi connectivity index (χ0v) is 18.4. The summed E-state index contributed by atoms with van der Waals surface area (Å²) in [5.41, 5.74) is 0.979. The zero-order valence-electron chi connectivity index (χ0n) is 17.6. The van der Waals surface area contributed by atoms with E-state index in [9.17, 15) is 18.0 Å². The van der Waals surface area contributed by atoms with Crippen molar-refractivity contribution in [2.75, 3.05) is 32.7 Å². The molecule has 2 aliphatic rings. The maximum absolute atomic E-state index is 13.3. The van der Waals surface area contributed by atoms with Crippen LogP contribution in [-0.4, -0.2) is 73.1 Å². The summed E-state index contributed by atoms with van der Waals surface area (Å²) < 4.78 is 33.1. The average Bonchev–Trinajstić information content (AvgIpc) is 3.33. The van der Waals surface area contributed by atoms with E-state index in [-0.39, 0.29) is 22.5 Å². The quantitative estimate of drug-likeness (QED) is 0.719. The fourth-order valence-electron chi connectivity index (χ4n) is 4.18. The largest absolute Gasteiger partial charge is 0.459 e. The molecule has 166 valence electrons. The minimum atomic E-state index is -3.76. The first-order chi connectivity index (χ1) is 14.9. The predicted molar refractivity (Wildman–Crippen MR) is 114 cm³/mol. The van der Waals surface area contributed by atoms with Crippen molar-refractivity contribution in [3.05, 3.63) is 54.0 Å². The molecule has 1 unspecified atom stereocenters. The normalized spacial score (nSPS) is 20.6. The maximum Gasteiger partial charge on any atom is 0.289 e. The van der Waals surface area contributed by atoms with Gasteiger partial charge < -0.3 is 14.2 Å². The Kier molecular flexibility index (Phi) is 6.15. The van der Waals surface area contributed by atoms with Crippen LogP contribution in [0.2, 0.25) is 0 Å². The van der Waals surface area contributed by atoms with Crippen molar-refractivity contribution in [2.24, 2.45) is 0 Å². The average molecular weight is 446 g/mol. The molecule has 1 aromatic heterocycles. The number of nitrogens with zero attached hydrogens (tertiary/aromatic N) is 3. The summed E-state index contributed by atoms with van der Waals surface area (Å²) in [6.45, 7) is 3.77. The Bertz CT molecular complexity index is 1030. The maximum atomic E-state index is 13.3. The van der Waals surface area contributed by atoms with Crippen molar-refractivity contribution in [1.82, 2.24) is 14.1 Å². The van der Waals surface area contributed by atoms with Crippen molar-refractivity contribution in [3.63, 3.8) is 0 Å². The van der Waals surface area contributed by atoms with E-state index in [0.717, 1.165) is 18.4 Å². The van der Waals surface area contributed by atoms with Gasteiger partial charge in [-0.25, -0.2) is 8.42 Å². The lowest BCUT2D eigenvalue weighted by molar-refractivity contribution is -0.137. The Labute approximate surface area is 182 Å². The van der Waals surface area contributed by atoms with Crippen LogP contribution < -0.4 is 0 Å². The van der Waals surface area contributed by atoms with Gasteiger partial charge in [-0.05, 0) is 44.0 Å². The number of sulfonamides is 1. The van der Waals surface area contributed by atoms with Gasteiger partial charge in [-0.3, -0.25) is 9.59 Å². The number of furan rings is 1. The van der Waals surface area contributed by atoms with Gasteiger partial charge in [0.05, 0.1) is 11.2 Å². The van der Waals surface area contributed by atoms with Crippen LogP contribution >= 0.6 is 0 Å². The topological polar surface area (TPSA) is 91.1 Å². The molecule has 2 fully saturated rings. The fraction of sp³-hybridized carbons (Fsp3) is 0.455. The van der Waals surface area contributed by atoms with E-state index in [1.807, 2.05) is 6.92 Å². The second-order valence-corrected chi connectivity index (χ2v) is 9.93. The van der Waals surface area contributed by atoms with E-state index >= 15 is 0 Å². The lowest BCUT2D eigenvalue weighted by Gasteiger charge is -2.40. The van der Waals surface area contributed by atoms with Crippen LogP contribution in [0.1, 0.15) is 35.4 Å². The fourth-order valence-corrected chi connectivity index (χ4v) is 5.83. The number of benzene rings is 1. The van der Waals surface area contributed by atoms with E-state index in [1.54, 1.807) is 46.2 Å². The third kappa shape index (κ3) is 4.38. The number of hydrogen-bond acceptors (Lipinski definition) is 5. The summed E-state index contributed by atoms with van der Waals surface area (Å²) in [4.78, 5) is 29.3. The van der Waals surface area contributed by atoms with Crippen LogP contribution in [-0.2, 0) is 14.8 Å². The first-order valence-corrected chi connectivity index (χ1v) is 12.0. The van der Waals surface area contributed by atoms with Crippen molar-refractivity contribution in [2.45, 2.75) is 37.1 Å². The van der Waals surface area contributed by atoms with Crippen molar-refractivity contribution >= 4 is 21.8 Å². The van der Waals surface area contributed by atoms with Crippen LogP contribution in [0.4, 0.5) is 0 Å². The lowest BCUT2D eigenvalue weighted by Crippen LogP contribution is -2.57. The van der Waals surface area contributed by atoms with Gasteiger partial charge in [-0.15, -0.1) is 0 Å². The summed E-state index contributed by atoms with van der Waals surface area (Å²) in [6, 6.07) is 9.31. The van der Waals surface area contributed by atoms with Gasteiger partial charge in [-0.2, -0.15) is 4.31 Å². The number of carbonyl (C=O) groups is 2. The highest BCUT2D eigenvalue weighted by atomic mass is 32.2. The first-order valence-electron chi connectivity index (χ1n) is 10.6. The Morgan fingerprint density at radius 2 is 1.61 bits per heavy atom. The molecule has 2 aromatic rings. The van der Waals surface area contributed by atoms with E-state index in [4.69, 9.17) is 4.42 Å². The van der Waals surface area contributed by atoms with E-state index in [0.29, 0.717) is 39.1 Å². The second-order valence-electron chi connectivity index (χ2n) is 8.04. The molecule has 0 bridgehead atoms. The highest BCUT2D eigenvalue weighted by Crippen LogP contribution is 2.27. The molecule has 31 heavy (non-hydrogen) atoms. The molecule has 0 spiro atoms. The first kappa shape index (κ1) is 21.6. The van der Waals surface area contributed by atoms with Gasteiger partial charge >= 0.3 is 0 Å². The molecule has 2 amide bonds. The van der Waals surface area contributed by atoms with Crippen LogP contribution in [0.15, 0.2) is 52.0 Å². The Morgan fingerprint density at radius 1 is 0.935 bits per heavy atom. The van der Waals surface area contributed by atoms with Gasteiger partial charge in [0, 0.05) is 32.7 Å². The number of aryl methyl sites for hydroxylation is 1. The summed E-state index contributed by atoms with van der Waals surface area (Å²) >= 11 is 0. The van der Waals surface area contributed by atoms with Crippen LogP contribution in [0.3, 0.4) is 0 Å². The highest BCUT2D eigenvalue weighted by Gasteiger charge is 2.40. The van der Waals surface area contributed by atoms with Crippen LogP contribution in [0, 0.1) is 6.92 Å². The van der Waals surface area contributed by atoms with Crippen molar-refractivity contribution in [3.8, 4) is 0 Å². The number of hydrogen-bond donors (Lipinski definition) is 0. The minimum absolute atomic E-state index is 0.180. The molecule has 8 nitrogen and oxygen atoms in total. The molecule has 1 aromatic carbocycles. The molecule has 0 radical (unpaired) electrons. The third-order valence-electron chi connectivity index (χ3n) is 5.98. The van der Waals surface area contributed by atoms with E-state index < -0.39 is 16.1 Å². The Hall–Kier alpha value is -2.65. The molecular formula is C22H27N3O5S. The van der Waals surface area contributed by atoms with Crippen molar-refractivity contribution < 1.29 is 22.4 Å². The molecule has 0 saturated carbocycles. The SMILES string of the molecule is Cc1ccc(S(=O)(=O)N2CCCCC2C(=O)N2CCN(C(=O)c3ccco3)CC2)cc1. The molecule has 9 heteroatoms. The standard InChI is InChI=1S/C22H27N3O5S/c1-17-7-9-18(10-8-17)31(28,29)25-11-3-2-5-19(25)21(26)23-12-14-24(15-13-23)22(27)20-6-4-16-30-20/h4,6-10,16,19H,2-3,5,11-15H2,1H3.